The van der Waals surface area contributed by atoms with Gasteiger partial charge in [-0.2, -0.15) is 11.8 Å². The lowest BCUT2D eigenvalue weighted by Gasteiger charge is -2.00. The first-order chi connectivity index (χ1) is 11.3. The molecule has 0 aromatic heterocycles. The van der Waals surface area contributed by atoms with E-state index in [0.29, 0.717) is 0 Å². The van der Waals surface area contributed by atoms with E-state index in [1.807, 2.05) is 0 Å². The van der Waals surface area contributed by atoms with Gasteiger partial charge in [0, 0.05) is 0 Å². The van der Waals surface area contributed by atoms with E-state index in [4.69, 9.17) is 5.11 Å². The van der Waals surface area contributed by atoms with Gasteiger partial charge < -0.3 is 5.11 Å². The summed E-state index contributed by atoms with van der Waals surface area (Å²) in [6, 6.07) is 0. The van der Waals surface area contributed by atoms with Crippen molar-refractivity contribution in [1.29, 1.82) is 0 Å². The third-order valence-electron chi connectivity index (χ3n) is 3.42. The number of hydrogen-bond donors (Lipinski definition) is 1. The van der Waals surface area contributed by atoms with Crippen LogP contribution in [0.1, 0.15) is 71.1 Å². The maximum absolute atomic E-state index is 10.3. The first-order valence-corrected chi connectivity index (χ1v) is 10.2. The molecule has 0 rings (SSSR count). The largest absolute Gasteiger partial charge is 0.481 e. The van der Waals surface area contributed by atoms with E-state index < -0.39 is 5.97 Å². The maximum atomic E-state index is 10.3. The van der Waals surface area contributed by atoms with Gasteiger partial charge in [0.1, 0.15) is 0 Å². The minimum Gasteiger partial charge on any atom is -0.481 e. The molecular weight excluding hydrogens is 304 g/mol. The fraction of sp³-hybridized carbons (Fsp3) is 0.650. The van der Waals surface area contributed by atoms with Crippen molar-refractivity contribution < 1.29 is 9.90 Å². The van der Waals surface area contributed by atoms with Crippen molar-refractivity contribution in [3.05, 3.63) is 36.5 Å². The lowest BCUT2D eigenvalue weighted by Crippen LogP contribution is -1.98. The Morgan fingerprint density at radius 2 is 1.39 bits per heavy atom. The molecule has 2 nitrogen and oxygen atoms in total. The Balaban J connectivity index is 3.19. The zero-order valence-electron chi connectivity index (χ0n) is 14.7. The number of aliphatic carboxylic acids is 1. The van der Waals surface area contributed by atoms with Crippen LogP contribution in [0, 0.1) is 0 Å². The van der Waals surface area contributed by atoms with Crippen molar-refractivity contribution >= 4 is 17.7 Å². The van der Waals surface area contributed by atoms with Crippen LogP contribution in [0.2, 0.25) is 0 Å². The summed E-state index contributed by atoms with van der Waals surface area (Å²) < 4.78 is 0. The number of hydrogen-bond acceptors (Lipinski definition) is 2. The highest BCUT2D eigenvalue weighted by molar-refractivity contribution is 7.99. The summed E-state index contributed by atoms with van der Waals surface area (Å²) in [7, 11) is 0. The molecule has 0 atom stereocenters. The zero-order chi connectivity index (χ0) is 17.0. The summed E-state index contributed by atoms with van der Waals surface area (Å²) in [4.78, 5) is 10.3. The van der Waals surface area contributed by atoms with Crippen LogP contribution in [-0.2, 0) is 4.79 Å². The Morgan fingerprint density at radius 3 is 2.04 bits per heavy atom. The van der Waals surface area contributed by atoms with Crippen LogP contribution in [0.15, 0.2) is 36.5 Å². The van der Waals surface area contributed by atoms with Gasteiger partial charge in [0.2, 0.25) is 0 Å². The van der Waals surface area contributed by atoms with Gasteiger partial charge in [-0.25, -0.2) is 0 Å². The normalized spacial score (nSPS) is 12.0. The second kappa shape index (κ2) is 19.1. The molecule has 0 aromatic rings. The van der Waals surface area contributed by atoms with E-state index in [2.05, 4.69) is 43.4 Å². The van der Waals surface area contributed by atoms with Gasteiger partial charge in [0.05, 0.1) is 5.75 Å². The smallest absolute Gasteiger partial charge is 0.313 e. The third-order valence-corrected chi connectivity index (χ3v) is 4.44. The minimum atomic E-state index is -0.702. The van der Waals surface area contributed by atoms with Crippen LogP contribution in [0.5, 0.6) is 0 Å². The Bertz CT molecular complexity index is 346. The van der Waals surface area contributed by atoms with Gasteiger partial charge in [0.15, 0.2) is 0 Å². The molecule has 1 N–H and O–H groups in total. The average molecular weight is 339 g/mol. The molecule has 0 aliphatic heterocycles. The highest BCUT2D eigenvalue weighted by Gasteiger charge is 1.96. The average Bonchev–Trinajstić information content (AvgIpc) is 2.53. The highest BCUT2D eigenvalue weighted by atomic mass is 32.2. The molecule has 3 heteroatoms. The fourth-order valence-electron chi connectivity index (χ4n) is 2.16. The standard InChI is InChI=1S/C20H34O2S/c1-2-3-4-5-6-7-8-9-10-11-12-13-14-15-16-17-18-23-19-20(21)22/h3-4,6-7,9-10H,2,5,8,11-19H2,1H3,(H,21,22)/b4-3-,7-6-,10-9-. The predicted octanol–water partition coefficient (Wildman–Crippen LogP) is 6.39. The lowest BCUT2D eigenvalue weighted by atomic mass is 10.1. The molecular formula is C20H34O2S. The van der Waals surface area contributed by atoms with Crippen molar-refractivity contribution in [3.63, 3.8) is 0 Å². The molecule has 0 saturated heterocycles. The molecule has 0 fully saturated rings. The first-order valence-electron chi connectivity index (χ1n) is 9.02. The molecule has 0 spiro atoms. The van der Waals surface area contributed by atoms with Crippen LogP contribution in [0.4, 0.5) is 0 Å². The molecule has 0 radical (unpaired) electrons. The second-order valence-corrected chi connectivity index (χ2v) is 6.76. The van der Waals surface area contributed by atoms with Gasteiger partial charge in [0.25, 0.3) is 0 Å². The molecule has 0 amide bonds. The minimum absolute atomic E-state index is 0.247. The number of carboxylic acids is 1. The van der Waals surface area contributed by atoms with Crippen LogP contribution >= 0.6 is 11.8 Å². The Hall–Kier alpha value is -0.960. The van der Waals surface area contributed by atoms with Crippen LogP contribution in [0.3, 0.4) is 0 Å². The number of rotatable bonds is 16. The van der Waals surface area contributed by atoms with E-state index in [-0.39, 0.29) is 5.75 Å². The highest BCUT2D eigenvalue weighted by Crippen LogP contribution is 2.10. The Kier molecular flexibility index (Phi) is 18.3. The van der Waals surface area contributed by atoms with E-state index in [1.165, 1.54) is 50.3 Å². The topological polar surface area (TPSA) is 37.3 Å². The van der Waals surface area contributed by atoms with Crippen LogP contribution in [-0.4, -0.2) is 22.6 Å². The predicted molar refractivity (Wildman–Crippen MR) is 104 cm³/mol. The second-order valence-electron chi connectivity index (χ2n) is 5.65. The molecule has 0 saturated carbocycles. The monoisotopic (exact) mass is 338 g/mol. The number of carboxylic acid groups (broad SMARTS) is 1. The Morgan fingerprint density at radius 1 is 0.826 bits per heavy atom. The SMILES string of the molecule is CC/C=C\C/C=C\C/C=C\CCCCCCCCSCC(=O)O. The molecule has 0 heterocycles. The van der Waals surface area contributed by atoms with Crippen molar-refractivity contribution in [2.24, 2.45) is 0 Å². The van der Waals surface area contributed by atoms with E-state index in [1.54, 1.807) is 0 Å². The summed E-state index contributed by atoms with van der Waals surface area (Å²) in [5, 5.41) is 8.52. The van der Waals surface area contributed by atoms with Gasteiger partial charge in [-0.05, 0) is 44.3 Å². The van der Waals surface area contributed by atoms with Gasteiger partial charge in [-0.1, -0.05) is 69.1 Å². The molecule has 0 bridgehead atoms. The maximum Gasteiger partial charge on any atom is 0.313 e. The van der Waals surface area contributed by atoms with Gasteiger partial charge >= 0.3 is 5.97 Å². The summed E-state index contributed by atoms with van der Waals surface area (Å²) >= 11 is 1.53. The lowest BCUT2D eigenvalue weighted by molar-refractivity contribution is -0.133. The molecule has 0 aromatic carbocycles. The third kappa shape index (κ3) is 21.0. The molecule has 132 valence electrons. The molecule has 23 heavy (non-hydrogen) atoms. The summed E-state index contributed by atoms with van der Waals surface area (Å²) in [6.07, 6.45) is 25.4. The molecule has 0 unspecified atom stereocenters. The summed E-state index contributed by atoms with van der Waals surface area (Å²) in [5.74, 6) is 0.528. The zero-order valence-corrected chi connectivity index (χ0v) is 15.5. The molecule has 0 aliphatic carbocycles. The number of thioether (sulfide) groups is 1. The van der Waals surface area contributed by atoms with Crippen LogP contribution in [0.25, 0.3) is 0 Å². The quantitative estimate of drug-likeness (QED) is 0.261. The van der Waals surface area contributed by atoms with Crippen molar-refractivity contribution in [2.75, 3.05) is 11.5 Å². The summed E-state index contributed by atoms with van der Waals surface area (Å²) in [6.45, 7) is 2.16. The van der Waals surface area contributed by atoms with E-state index in [0.717, 1.165) is 31.4 Å². The Labute approximate surface area is 147 Å². The van der Waals surface area contributed by atoms with Crippen molar-refractivity contribution in [2.45, 2.75) is 71.1 Å². The first kappa shape index (κ1) is 22.0. The summed E-state index contributed by atoms with van der Waals surface area (Å²) in [5.41, 5.74) is 0. The van der Waals surface area contributed by atoms with Crippen LogP contribution < -0.4 is 0 Å². The number of carbonyl (C=O) groups is 1. The number of unbranched alkanes of at least 4 members (excludes halogenated alkanes) is 6. The van der Waals surface area contributed by atoms with E-state index >= 15 is 0 Å². The number of allylic oxidation sites excluding steroid dienone is 6. The fourth-order valence-corrected chi connectivity index (χ4v) is 2.89. The van der Waals surface area contributed by atoms with E-state index in [9.17, 15) is 4.79 Å². The van der Waals surface area contributed by atoms with Crippen molar-refractivity contribution in [1.82, 2.24) is 0 Å². The van der Waals surface area contributed by atoms with Gasteiger partial charge in [-0.15, -0.1) is 0 Å². The molecule has 0 aliphatic rings. The van der Waals surface area contributed by atoms with Crippen molar-refractivity contribution in [3.8, 4) is 0 Å². The van der Waals surface area contributed by atoms with Gasteiger partial charge in [-0.3, -0.25) is 4.79 Å².